The summed E-state index contributed by atoms with van der Waals surface area (Å²) in [5.74, 6) is 1.12. The Bertz CT molecular complexity index is 1020. The van der Waals surface area contributed by atoms with Crippen molar-refractivity contribution in [3.05, 3.63) is 64.1 Å². The molecule has 1 aliphatic heterocycles. The largest absolute Gasteiger partial charge is 0.497 e. The van der Waals surface area contributed by atoms with Gasteiger partial charge in [0.15, 0.2) is 6.17 Å². The van der Waals surface area contributed by atoms with Crippen molar-refractivity contribution in [1.82, 2.24) is 4.98 Å². The number of methoxy groups -OCH3 is 2. The first-order chi connectivity index (χ1) is 13.7. The fourth-order valence-electron chi connectivity index (χ4n) is 3.31. The van der Waals surface area contributed by atoms with E-state index in [1.165, 1.54) is 0 Å². The second-order valence-electron chi connectivity index (χ2n) is 6.33. The van der Waals surface area contributed by atoms with Gasteiger partial charge in [0.2, 0.25) is 0 Å². The van der Waals surface area contributed by atoms with E-state index in [4.69, 9.17) is 14.5 Å². The van der Waals surface area contributed by atoms with Crippen molar-refractivity contribution < 1.29 is 14.3 Å². The predicted molar refractivity (Wildman–Crippen MR) is 111 cm³/mol. The van der Waals surface area contributed by atoms with Gasteiger partial charge in [-0.3, -0.25) is 9.69 Å². The maximum absolute atomic E-state index is 13.5. The zero-order chi connectivity index (χ0) is 19.7. The lowest BCUT2D eigenvalue weighted by atomic mass is 10.0. The van der Waals surface area contributed by atoms with E-state index >= 15 is 0 Å². The number of nitrogens with one attached hydrogen (secondary N) is 1. The lowest BCUT2D eigenvalue weighted by molar-refractivity contribution is 0.0973. The molecule has 4 rings (SSSR count). The van der Waals surface area contributed by atoms with E-state index in [0.29, 0.717) is 22.7 Å². The van der Waals surface area contributed by atoms with Gasteiger partial charge in [0.05, 0.1) is 36.2 Å². The van der Waals surface area contributed by atoms with Crippen molar-refractivity contribution in [2.45, 2.75) is 19.5 Å². The Kier molecular flexibility index (Phi) is 4.92. The van der Waals surface area contributed by atoms with Crippen molar-refractivity contribution in [1.29, 1.82) is 0 Å². The summed E-state index contributed by atoms with van der Waals surface area (Å²) in [4.78, 5) is 19.9. The first kappa shape index (κ1) is 18.3. The molecule has 0 aliphatic carbocycles. The number of amides is 1. The van der Waals surface area contributed by atoms with Crippen LogP contribution >= 0.6 is 11.3 Å². The van der Waals surface area contributed by atoms with Crippen LogP contribution < -0.4 is 19.7 Å². The standard InChI is InChI=1S/C21H21N3O3S/c1-4-19-22-16(12-28-19)20-23-15-8-6-5-7-14(15)21(25)24(20)17-10-9-13(26-2)11-18(17)27-3/h5-12,20,23H,4H2,1-3H3. The van der Waals surface area contributed by atoms with Crippen LogP contribution in [0.15, 0.2) is 47.8 Å². The summed E-state index contributed by atoms with van der Waals surface area (Å²) >= 11 is 1.60. The fraction of sp³-hybridized carbons (Fsp3) is 0.238. The summed E-state index contributed by atoms with van der Waals surface area (Å²) < 4.78 is 10.9. The summed E-state index contributed by atoms with van der Waals surface area (Å²) in [6.45, 7) is 2.07. The molecule has 0 fully saturated rings. The molecular weight excluding hydrogens is 374 g/mol. The van der Waals surface area contributed by atoms with Crippen molar-refractivity contribution in [2.24, 2.45) is 0 Å². The number of hydrogen-bond donors (Lipinski definition) is 1. The Morgan fingerprint density at radius 2 is 2.00 bits per heavy atom. The maximum Gasteiger partial charge on any atom is 0.262 e. The molecule has 2 aromatic carbocycles. The van der Waals surface area contributed by atoms with Gasteiger partial charge in [0.1, 0.15) is 11.5 Å². The van der Waals surface area contributed by atoms with Gasteiger partial charge >= 0.3 is 0 Å². The van der Waals surface area contributed by atoms with Crippen LogP contribution in [0.1, 0.15) is 34.1 Å². The van der Waals surface area contributed by atoms with E-state index in [0.717, 1.165) is 22.8 Å². The highest BCUT2D eigenvalue weighted by atomic mass is 32.1. The topological polar surface area (TPSA) is 63.7 Å². The van der Waals surface area contributed by atoms with Crippen molar-refractivity contribution in [3.63, 3.8) is 0 Å². The number of benzene rings is 2. The van der Waals surface area contributed by atoms with Crippen LogP contribution in [-0.2, 0) is 6.42 Å². The monoisotopic (exact) mass is 395 g/mol. The quantitative estimate of drug-likeness (QED) is 0.689. The second kappa shape index (κ2) is 7.52. The van der Waals surface area contributed by atoms with Crippen molar-refractivity contribution in [2.75, 3.05) is 24.4 Å². The van der Waals surface area contributed by atoms with Crippen LogP contribution in [0.5, 0.6) is 11.5 Å². The lowest BCUT2D eigenvalue weighted by Crippen LogP contribution is -2.43. The molecule has 0 spiro atoms. The van der Waals surface area contributed by atoms with Gasteiger partial charge in [-0.1, -0.05) is 19.1 Å². The third-order valence-corrected chi connectivity index (χ3v) is 5.74. The number of thiazole rings is 1. The first-order valence-electron chi connectivity index (χ1n) is 9.01. The van der Waals surface area contributed by atoms with Crippen LogP contribution in [0.4, 0.5) is 11.4 Å². The number of anilines is 2. The molecule has 2 heterocycles. The maximum atomic E-state index is 13.5. The summed E-state index contributed by atoms with van der Waals surface area (Å²) in [5, 5.41) is 6.50. The smallest absolute Gasteiger partial charge is 0.262 e. The molecular formula is C21H21N3O3S. The van der Waals surface area contributed by atoms with Crippen molar-refractivity contribution >= 4 is 28.6 Å². The Morgan fingerprint density at radius 1 is 1.18 bits per heavy atom. The minimum atomic E-state index is -0.429. The number of ether oxygens (including phenoxy) is 2. The molecule has 7 heteroatoms. The summed E-state index contributed by atoms with van der Waals surface area (Å²) in [7, 11) is 3.18. The number of aromatic nitrogens is 1. The number of nitrogens with zero attached hydrogens (tertiary/aromatic N) is 2. The third-order valence-electron chi connectivity index (χ3n) is 4.73. The van der Waals surface area contributed by atoms with Crippen LogP contribution in [0.25, 0.3) is 0 Å². The highest BCUT2D eigenvalue weighted by molar-refractivity contribution is 7.09. The Morgan fingerprint density at radius 3 is 2.71 bits per heavy atom. The van der Waals surface area contributed by atoms with Gasteiger partial charge in [-0.15, -0.1) is 11.3 Å². The van der Waals surface area contributed by atoms with E-state index in [1.54, 1.807) is 36.5 Å². The Labute approximate surface area is 167 Å². The molecule has 1 unspecified atom stereocenters. The molecule has 3 aromatic rings. The van der Waals surface area contributed by atoms with Crippen molar-refractivity contribution in [3.8, 4) is 11.5 Å². The first-order valence-corrected chi connectivity index (χ1v) is 9.89. The number of carbonyl (C=O) groups is 1. The summed E-state index contributed by atoms with van der Waals surface area (Å²) in [5.41, 5.74) is 2.88. The van der Waals surface area contributed by atoms with Crippen LogP contribution in [0.3, 0.4) is 0 Å². The van der Waals surface area contributed by atoms with Gasteiger partial charge in [0.25, 0.3) is 5.91 Å². The average Bonchev–Trinajstić information content (AvgIpc) is 3.22. The number of carbonyl (C=O) groups excluding carboxylic acids is 1. The highest BCUT2D eigenvalue weighted by Crippen LogP contribution is 2.41. The minimum Gasteiger partial charge on any atom is -0.497 e. The number of rotatable bonds is 5. The van der Waals surface area contributed by atoms with E-state index in [-0.39, 0.29) is 5.91 Å². The second-order valence-corrected chi connectivity index (χ2v) is 7.27. The third kappa shape index (κ3) is 3.07. The summed E-state index contributed by atoms with van der Waals surface area (Å²) in [6.07, 6.45) is 0.426. The fourth-order valence-corrected chi connectivity index (χ4v) is 4.07. The number of para-hydroxylation sites is 1. The molecule has 6 nitrogen and oxygen atoms in total. The molecule has 28 heavy (non-hydrogen) atoms. The normalized spacial score (nSPS) is 15.8. The molecule has 1 aliphatic rings. The Balaban J connectivity index is 1.87. The molecule has 0 saturated carbocycles. The van der Waals surface area contributed by atoms with E-state index in [2.05, 4.69) is 12.2 Å². The lowest BCUT2D eigenvalue weighted by Gasteiger charge is -2.37. The summed E-state index contributed by atoms with van der Waals surface area (Å²) in [6, 6.07) is 12.9. The van der Waals surface area contributed by atoms with Gasteiger partial charge in [-0.25, -0.2) is 4.98 Å². The zero-order valence-corrected chi connectivity index (χ0v) is 16.7. The van der Waals surface area contributed by atoms with E-state index in [1.807, 2.05) is 41.8 Å². The Hall–Kier alpha value is -3.06. The van der Waals surface area contributed by atoms with Gasteiger partial charge in [0, 0.05) is 17.1 Å². The van der Waals surface area contributed by atoms with Gasteiger partial charge in [-0.05, 0) is 30.7 Å². The average molecular weight is 395 g/mol. The molecule has 1 amide bonds. The van der Waals surface area contributed by atoms with Crippen LogP contribution in [-0.4, -0.2) is 25.1 Å². The predicted octanol–water partition coefficient (Wildman–Crippen LogP) is 4.49. The van der Waals surface area contributed by atoms with Gasteiger partial charge < -0.3 is 14.8 Å². The molecule has 144 valence electrons. The van der Waals surface area contributed by atoms with Crippen LogP contribution in [0.2, 0.25) is 0 Å². The highest BCUT2D eigenvalue weighted by Gasteiger charge is 2.36. The number of hydrogen-bond acceptors (Lipinski definition) is 6. The molecule has 1 N–H and O–H groups in total. The molecule has 1 aromatic heterocycles. The molecule has 0 radical (unpaired) electrons. The number of aryl methyl sites for hydroxylation is 1. The molecule has 0 bridgehead atoms. The van der Waals surface area contributed by atoms with Crippen LogP contribution in [0, 0.1) is 0 Å². The zero-order valence-electron chi connectivity index (χ0n) is 15.9. The van der Waals surface area contributed by atoms with E-state index < -0.39 is 6.17 Å². The SMILES string of the molecule is CCc1nc(C2Nc3ccccc3C(=O)N2c2ccc(OC)cc2OC)cs1. The molecule has 0 saturated heterocycles. The number of fused-ring (bicyclic) bond motifs is 1. The van der Waals surface area contributed by atoms with E-state index in [9.17, 15) is 4.79 Å². The van der Waals surface area contributed by atoms with Gasteiger partial charge in [-0.2, -0.15) is 0 Å². The molecule has 1 atom stereocenters. The minimum absolute atomic E-state index is 0.103.